The smallest absolute Gasteiger partial charge is 0.242 e. The fraction of sp³-hybridized carbons (Fsp3) is 0.366. The van der Waals surface area contributed by atoms with E-state index in [1.165, 1.54) is 5.56 Å². The van der Waals surface area contributed by atoms with Gasteiger partial charge in [0.2, 0.25) is 11.8 Å². The summed E-state index contributed by atoms with van der Waals surface area (Å²) in [6.07, 6.45) is 1.03. The van der Waals surface area contributed by atoms with Crippen LogP contribution in [0.2, 0.25) is 0 Å². The second-order valence-corrected chi connectivity index (χ2v) is 13.3. The molecule has 4 rings (SSSR count). The largest absolute Gasteiger partial charge is 0.489 e. The van der Waals surface area contributed by atoms with Gasteiger partial charge in [-0.15, -0.1) is 0 Å². The molecule has 4 aromatic rings. The molecule has 0 unspecified atom stereocenters. The molecule has 2 amide bonds. The summed E-state index contributed by atoms with van der Waals surface area (Å²) >= 11 is 0. The van der Waals surface area contributed by atoms with Gasteiger partial charge in [0.25, 0.3) is 0 Å². The van der Waals surface area contributed by atoms with Gasteiger partial charge < -0.3 is 25.6 Å². The van der Waals surface area contributed by atoms with Crippen LogP contribution >= 0.6 is 0 Å². The van der Waals surface area contributed by atoms with Gasteiger partial charge in [0.05, 0.1) is 6.04 Å². The molecule has 0 heterocycles. The van der Waals surface area contributed by atoms with Crippen LogP contribution in [-0.2, 0) is 35.7 Å². The summed E-state index contributed by atoms with van der Waals surface area (Å²) in [5, 5.41) is 9.57. The molecule has 2 atom stereocenters. The Bertz CT molecular complexity index is 1540. The lowest BCUT2D eigenvalue weighted by Crippen LogP contribution is -2.54. The highest BCUT2D eigenvalue weighted by molar-refractivity contribution is 5.90. The van der Waals surface area contributed by atoms with Crippen molar-refractivity contribution in [2.75, 3.05) is 39.1 Å². The first-order valence-electron chi connectivity index (χ1n) is 17.2. The first-order chi connectivity index (χ1) is 23.7. The van der Waals surface area contributed by atoms with E-state index in [1.807, 2.05) is 93.9 Å². The van der Waals surface area contributed by atoms with Crippen molar-refractivity contribution in [1.29, 1.82) is 0 Å². The van der Waals surface area contributed by atoms with Gasteiger partial charge in [-0.25, -0.2) is 0 Å². The molecule has 260 valence electrons. The molecule has 3 N–H and O–H groups in total. The van der Waals surface area contributed by atoms with E-state index in [1.54, 1.807) is 0 Å². The molecule has 49 heavy (non-hydrogen) atoms. The lowest BCUT2D eigenvalue weighted by Gasteiger charge is -2.30. The van der Waals surface area contributed by atoms with Crippen molar-refractivity contribution in [3.63, 3.8) is 0 Å². The van der Waals surface area contributed by atoms with Crippen LogP contribution in [0, 0.1) is 5.92 Å². The maximum atomic E-state index is 14.0. The predicted octanol–water partition coefficient (Wildman–Crippen LogP) is 5.81. The molecular formula is C41H53N5O3. The van der Waals surface area contributed by atoms with Crippen molar-refractivity contribution >= 4 is 17.5 Å². The summed E-state index contributed by atoms with van der Waals surface area (Å²) in [6.45, 7) is 7.11. The van der Waals surface area contributed by atoms with Crippen LogP contribution in [-0.4, -0.2) is 63.0 Å². The molecule has 0 spiro atoms. The van der Waals surface area contributed by atoms with E-state index < -0.39 is 12.1 Å². The number of anilines is 1. The third-order valence-corrected chi connectivity index (χ3v) is 8.43. The Morgan fingerprint density at radius 2 is 1.31 bits per heavy atom. The molecule has 8 heteroatoms. The quantitative estimate of drug-likeness (QED) is 0.110. The van der Waals surface area contributed by atoms with E-state index in [0.29, 0.717) is 45.0 Å². The summed E-state index contributed by atoms with van der Waals surface area (Å²) in [7, 11) is 6.02. The molecule has 0 fully saturated rings. The molecule has 0 radical (unpaired) electrons. The Balaban J connectivity index is 1.42. The highest BCUT2D eigenvalue weighted by Gasteiger charge is 2.29. The first-order valence-corrected chi connectivity index (χ1v) is 17.2. The number of likely N-dealkylation sites (N-methyl/N-ethyl adjacent to an activating group) is 1. The van der Waals surface area contributed by atoms with Crippen LogP contribution in [0.3, 0.4) is 0 Å². The van der Waals surface area contributed by atoms with Crippen molar-refractivity contribution in [3.8, 4) is 5.75 Å². The van der Waals surface area contributed by atoms with E-state index in [0.717, 1.165) is 34.7 Å². The maximum Gasteiger partial charge on any atom is 0.242 e. The van der Waals surface area contributed by atoms with Crippen molar-refractivity contribution in [3.05, 3.63) is 131 Å². The number of nitrogens with one attached hydrogen (secondary N) is 3. The third-order valence-electron chi connectivity index (χ3n) is 8.43. The monoisotopic (exact) mass is 663 g/mol. The number of carbonyl (C=O) groups is 2. The predicted molar refractivity (Wildman–Crippen MR) is 199 cm³/mol. The van der Waals surface area contributed by atoms with Crippen LogP contribution in [0.25, 0.3) is 0 Å². The van der Waals surface area contributed by atoms with E-state index in [2.05, 4.69) is 76.0 Å². The molecule has 8 nitrogen and oxygen atoms in total. The van der Waals surface area contributed by atoms with Gasteiger partial charge in [0, 0.05) is 52.4 Å². The minimum atomic E-state index is -0.736. The molecule has 0 saturated heterocycles. The van der Waals surface area contributed by atoms with Crippen molar-refractivity contribution in [2.45, 2.75) is 58.5 Å². The fourth-order valence-electron chi connectivity index (χ4n) is 5.63. The van der Waals surface area contributed by atoms with E-state index in [4.69, 9.17) is 4.74 Å². The molecule has 0 aliphatic carbocycles. The van der Waals surface area contributed by atoms with Crippen LogP contribution in [0.4, 0.5) is 5.69 Å². The molecular weight excluding hydrogens is 610 g/mol. The van der Waals surface area contributed by atoms with Gasteiger partial charge in [-0.1, -0.05) is 98.8 Å². The lowest BCUT2D eigenvalue weighted by molar-refractivity contribution is -0.132. The zero-order valence-corrected chi connectivity index (χ0v) is 29.7. The number of nitrogens with zero attached hydrogens (tertiary/aromatic N) is 2. The van der Waals surface area contributed by atoms with Gasteiger partial charge in [-0.3, -0.25) is 14.5 Å². The van der Waals surface area contributed by atoms with Gasteiger partial charge in [0.1, 0.15) is 18.4 Å². The zero-order chi connectivity index (χ0) is 35.0. The molecule has 0 aliphatic rings. The number of rotatable bonds is 19. The van der Waals surface area contributed by atoms with Gasteiger partial charge >= 0.3 is 0 Å². The molecule has 0 aromatic heterocycles. The number of carbonyl (C=O) groups excluding carboxylic acids is 2. The standard InChI is InChI=1S/C41H53N5O3/c1-31(2)26-39(46(5)29-34-16-20-36(21-17-34)45(3)4)41(48)44-38(40(47)43-25-24-42-28-33-12-8-6-9-13-33)27-32-18-22-37(23-19-32)49-30-35-14-10-7-11-15-35/h6-23,31,38-39,42H,24-30H2,1-5H3,(H,43,47)(H,44,48)/t38-,39-/m0/s1. The summed E-state index contributed by atoms with van der Waals surface area (Å²) in [6, 6.07) is 35.2. The van der Waals surface area contributed by atoms with E-state index in [9.17, 15) is 9.59 Å². The number of hydrogen-bond donors (Lipinski definition) is 3. The number of ether oxygens (including phenoxy) is 1. The minimum absolute atomic E-state index is 0.147. The SMILES string of the molecule is CC(C)C[C@@H](C(=O)N[C@@H](Cc1ccc(OCc2ccccc2)cc1)C(=O)NCCNCc1ccccc1)N(C)Cc1ccc(N(C)C)cc1. The Morgan fingerprint density at radius 1 is 0.694 bits per heavy atom. The third kappa shape index (κ3) is 12.7. The van der Waals surface area contributed by atoms with Gasteiger partial charge in [0.15, 0.2) is 0 Å². The molecule has 0 bridgehead atoms. The Morgan fingerprint density at radius 3 is 1.92 bits per heavy atom. The fourth-order valence-corrected chi connectivity index (χ4v) is 5.63. The van der Waals surface area contributed by atoms with Crippen LogP contribution < -0.4 is 25.6 Å². The number of amides is 2. The van der Waals surface area contributed by atoms with E-state index >= 15 is 0 Å². The van der Waals surface area contributed by atoms with Gasteiger partial charge in [-0.2, -0.15) is 0 Å². The first kappa shape index (κ1) is 37.2. The second kappa shape index (κ2) is 19.4. The summed E-state index contributed by atoms with van der Waals surface area (Å²) in [4.78, 5) is 31.8. The summed E-state index contributed by atoms with van der Waals surface area (Å²) in [5.74, 6) is 0.691. The maximum absolute atomic E-state index is 14.0. The molecule has 0 saturated carbocycles. The summed E-state index contributed by atoms with van der Waals surface area (Å²) < 4.78 is 5.97. The Labute approximate surface area is 292 Å². The molecule has 4 aromatic carbocycles. The van der Waals surface area contributed by atoms with Crippen LogP contribution in [0.1, 0.15) is 42.5 Å². The normalized spacial score (nSPS) is 12.4. The van der Waals surface area contributed by atoms with E-state index in [-0.39, 0.29) is 11.8 Å². The highest BCUT2D eigenvalue weighted by Crippen LogP contribution is 2.19. The highest BCUT2D eigenvalue weighted by atomic mass is 16.5. The van der Waals surface area contributed by atoms with Crippen molar-refractivity contribution in [1.82, 2.24) is 20.9 Å². The molecule has 0 aliphatic heterocycles. The minimum Gasteiger partial charge on any atom is -0.489 e. The number of hydrogen-bond acceptors (Lipinski definition) is 6. The zero-order valence-electron chi connectivity index (χ0n) is 29.7. The van der Waals surface area contributed by atoms with Crippen molar-refractivity contribution < 1.29 is 14.3 Å². The summed E-state index contributed by atoms with van der Waals surface area (Å²) in [5.41, 5.74) is 5.47. The second-order valence-electron chi connectivity index (χ2n) is 13.3. The average Bonchev–Trinajstić information content (AvgIpc) is 3.10. The van der Waals surface area contributed by atoms with Crippen LogP contribution in [0.5, 0.6) is 5.75 Å². The average molecular weight is 664 g/mol. The number of benzene rings is 4. The topological polar surface area (TPSA) is 85.9 Å². The lowest BCUT2D eigenvalue weighted by atomic mass is 9.99. The Hall–Kier alpha value is -4.66. The van der Waals surface area contributed by atoms with Gasteiger partial charge in [-0.05, 0) is 65.9 Å². The van der Waals surface area contributed by atoms with Crippen molar-refractivity contribution in [2.24, 2.45) is 5.92 Å². The van der Waals surface area contributed by atoms with Crippen LogP contribution in [0.15, 0.2) is 109 Å². The Kier molecular flexibility index (Phi) is 14.7.